The molecule has 2 aromatic carbocycles. The molecular weight excluding hydrogens is 398 g/mol. The molecule has 1 N–H and O–H groups in total. The Kier molecular flexibility index (Phi) is 6.02. The number of benzene rings is 2. The third-order valence-corrected chi connectivity index (χ3v) is 6.48. The summed E-state index contributed by atoms with van der Waals surface area (Å²) >= 11 is 0. The molecule has 1 heterocycles. The smallest absolute Gasteiger partial charge is 0.308 e. The first-order valence-electron chi connectivity index (χ1n) is 11.7. The van der Waals surface area contributed by atoms with E-state index in [4.69, 9.17) is 9.72 Å². The summed E-state index contributed by atoms with van der Waals surface area (Å²) in [5.41, 5.74) is 4.53. The maximum Gasteiger partial charge on any atom is 0.308 e. The summed E-state index contributed by atoms with van der Waals surface area (Å²) in [4.78, 5) is 16.4. The summed E-state index contributed by atoms with van der Waals surface area (Å²) < 4.78 is 7.67. The zero-order chi connectivity index (χ0) is 23.0. The van der Waals surface area contributed by atoms with E-state index >= 15 is 0 Å². The predicted molar refractivity (Wildman–Crippen MR) is 131 cm³/mol. The van der Waals surface area contributed by atoms with Crippen molar-refractivity contribution in [3.63, 3.8) is 0 Å². The van der Waals surface area contributed by atoms with Crippen molar-refractivity contribution in [2.45, 2.75) is 72.8 Å². The number of hydrogen-bond acceptors (Lipinski definition) is 4. The SMILES string of the molecule is CC(=O)Oc1ccc2c(c1)nc(Nc1ccc(C(C)C)cc1)n2[C@H]1C[C@@H](C)CC(C)(C)C1. The quantitative estimate of drug-likeness (QED) is 0.341. The van der Waals surface area contributed by atoms with Crippen LogP contribution in [0, 0.1) is 11.3 Å². The first-order chi connectivity index (χ1) is 15.1. The summed E-state index contributed by atoms with van der Waals surface area (Å²) in [6.45, 7) is 12.9. The predicted octanol–water partition coefficient (Wildman–Crippen LogP) is 7.22. The highest BCUT2D eigenvalue weighted by atomic mass is 16.5. The van der Waals surface area contributed by atoms with Gasteiger partial charge >= 0.3 is 5.97 Å². The fourth-order valence-corrected chi connectivity index (χ4v) is 5.34. The molecule has 1 aliphatic rings. The van der Waals surface area contributed by atoms with Crippen molar-refractivity contribution in [2.24, 2.45) is 11.3 Å². The Morgan fingerprint density at radius 2 is 1.88 bits per heavy atom. The monoisotopic (exact) mass is 433 g/mol. The lowest BCUT2D eigenvalue weighted by atomic mass is 9.70. The minimum atomic E-state index is -0.324. The summed E-state index contributed by atoms with van der Waals surface area (Å²) in [5, 5.41) is 3.57. The van der Waals surface area contributed by atoms with Gasteiger partial charge in [-0.25, -0.2) is 4.98 Å². The Bertz CT molecular complexity index is 1110. The third kappa shape index (κ3) is 4.82. The lowest BCUT2D eigenvalue weighted by molar-refractivity contribution is -0.131. The van der Waals surface area contributed by atoms with E-state index in [1.165, 1.54) is 18.9 Å². The third-order valence-electron chi connectivity index (χ3n) is 6.48. The van der Waals surface area contributed by atoms with E-state index in [0.717, 1.165) is 35.5 Å². The average Bonchev–Trinajstić information content (AvgIpc) is 3.03. The molecule has 5 heteroatoms. The van der Waals surface area contributed by atoms with Gasteiger partial charge in [-0.15, -0.1) is 0 Å². The van der Waals surface area contributed by atoms with Crippen molar-refractivity contribution < 1.29 is 9.53 Å². The van der Waals surface area contributed by atoms with Gasteiger partial charge < -0.3 is 14.6 Å². The van der Waals surface area contributed by atoms with Gasteiger partial charge in [-0.2, -0.15) is 0 Å². The van der Waals surface area contributed by atoms with Crippen LogP contribution in [0.3, 0.4) is 0 Å². The molecule has 3 aromatic rings. The molecule has 4 rings (SSSR count). The van der Waals surface area contributed by atoms with Gasteiger partial charge in [0.25, 0.3) is 0 Å². The number of ether oxygens (including phenoxy) is 1. The Morgan fingerprint density at radius 3 is 2.50 bits per heavy atom. The molecule has 1 saturated carbocycles. The number of anilines is 2. The minimum Gasteiger partial charge on any atom is -0.427 e. The standard InChI is InChI=1S/C27H35N3O2/c1-17(2)20-7-9-21(10-8-20)28-26-29-24-14-23(32-19(4)31)11-12-25(24)30(26)22-13-18(3)15-27(5,6)16-22/h7-12,14,17-18,22H,13,15-16H2,1-6H3,(H,28,29)/t18-,22+/m1/s1. The lowest BCUT2D eigenvalue weighted by Gasteiger charge is -2.40. The second kappa shape index (κ2) is 8.61. The minimum absolute atomic E-state index is 0.285. The van der Waals surface area contributed by atoms with Gasteiger partial charge in [0.1, 0.15) is 5.75 Å². The first kappa shape index (κ1) is 22.4. The van der Waals surface area contributed by atoms with Crippen LogP contribution < -0.4 is 10.1 Å². The molecule has 1 aliphatic carbocycles. The lowest BCUT2D eigenvalue weighted by Crippen LogP contribution is -2.29. The van der Waals surface area contributed by atoms with Crippen LogP contribution in [0.5, 0.6) is 5.75 Å². The summed E-state index contributed by atoms with van der Waals surface area (Å²) in [7, 11) is 0. The molecule has 0 unspecified atom stereocenters. The fourth-order valence-electron chi connectivity index (χ4n) is 5.34. The number of rotatable bonds is 5. The van der Waals surface area contributed by atoms with E-state index in [0.29, 0.717) is 23.6 Å². The zero-order valence-corrected chi connectivity index (χ0v) is 20.1. The van der Waals surface area contributed by atoms with Crippen molar-refractivity contribution in [2.75, 3.05) is 5.32 Å². The Labute approximate surface area is 191 Å². The van der Waals surface area contributed by atoms with Crippen LogP contribution >= 0.6 is 0 Å². The Morgan fingerprint density at radius 1 is 1.16 bits per heavy atom. The molecule has 1 aromatic heterocycles. The van der Waals surface area contributed by atoms with Gasteiger partial charge in [0.2, 0.25) is 5.95 Å². The second-order valence-corrected chi connectivity index (χ2v) is 10.5. The second-order valence-electron chi connectivity index (χ2n) is 10.5. The van der Waals surface area contributed by atoms with Gasteiger partial charge in [-0.1, -0.05) is 46.8 Å². The van der Waals surface area contributed by atoms with Gasteiger partial charge in [-0.05, 0) is 66.3 Å². The number of imidazole rings is 1. The number of nitrogens with zero attached hydrogens (tertiary/aromatic N) is 2. The highest BCUT2D eigenvalue weighted by Crippen LogP contribution is 2.46. The van der Waals surface area contributed by atoms with Crippen molar-refractivity contribution >= 4 is 28.6 Å². The van der Waals surface area contributed by atoms with Crippen LogP contribution in [0.4, 0.5) is 11.6 Å². The molecule has 0 radical (unpaired) electrons. The Balaban J connectivity index is 1.76. The van der Waals surface area contributed by atoms with Crippen LogP contribution in [0.25, 0.3) is 11.0 Å². The molecule has 2 atom stereocenters. The molecule has 0 spiro atoms. The molecule has 0 aliphatic heterocycles. The molecule has 1 fully saturated rings. The maximum absolute atomic E-state index is 11.4. The fraction of sp³-hybridized carbons (Fsp3) is 0.481. The van der Waals surface area contributed by atoms with E-state index < -0.39 is 0 Å². The van der Waals surface area contributed by atoms with Gasteiger partial charge in [0, 0.05) is 24.7 Å². The van der Waals surface area contributed by atoms with E-state index in [9.17, 15) is 4.79 Å². The zero-order valence-electron chi connectivity index (χ0n) is 20.1. The van der Waals surface area contributed by atoms with Gasteiger partial charge in [0.15, 0.2) is 0 Å². The molecule has 0 saturated heterocycles. The van der Waals surface area contributed by atoms with Crippen LogP contribution in [0.15, 0.2) is 42.5 Å². The van der Waals surface area contributed by atoms with Crippen molar-refractivity contribution in [1.29, 1.82) is 0 Å². The molecule has 0 amide bonds. The first-order valence-corrected chi connectivity index (χ1v) is 11.7. The summed E-state index contributed by atoms with van der Waals surface area (Å²) in [5.74, 6) is 2.20. The van der Waals surface area contributed by atoms with Crippen LogP contribution in [-0.4, -0.2) is 15.5 Å². The number of carbonyl (C=O) groups is 1. The Hall–Kier alpha value is -2.82. The number of esters is 1. The summed E-state index contributed by atoms with van der Waals surface area (Å²) in [6, 6.07) is 14.7. The normalized spacial score (nSPS) is 20.5. The molecule has 170 valence electrons. The number of carbonyl (C=O) groups excluding carboxylic acids is 1. The summed E-state index contributed by atoms with van der Waals surface area (Å²) in [6.07, 6.45) is 3.48. The largest absolute Gasteiger partial charge is 0.427 e. The molecular formula is C27H35N3O2. The topological polar surface area (TPSA) is 56.1 Å². The number of fused-ring (bicyclic) bond motifs is 1. The van der Waals surface area contributed by atoms with E-state index in [2.05, 4.69) is 68.8 Å². The average molecular weight is 434 g/mol. The van der Waals surface area contributed by atoms with Crippen LogP contribution in [0.2, 0.25) is 0 Å². The number of aromatic nitrogens is 2. The van der Waals surface area contributed by atoms with E-state index in [1.807, 2.05) is 18.2 Å². The maximum atomic E-state index is 11.4. The highest BCUT2D eigenvalue weighted by molar-refractivity contribution is 5.82. The van der Waals surface area contributed by atoms with Crippen LogP contribution in [-0.2, 0) is 4.79 Å². The van der Waals surface area contributed by atoms with Crippen molar-refractivity contribution in [3.05, 3.63) is 48.0 Å². The van der Waals surface area contributed by atoms with Gasteiger partial charge in [-0.3, -0.25) is 4.79 Å². The van der Waals surface area contributed by atoms with Gasteiger partial charge in [0.05, 0.1) is 11.0 Å². The van der Waals surface area contributed by atoms with Crippen LogP contribution in [0.1, 0.15) is 78.3 Å². The number of hydrogen-bond donors (Lipinski definition) is 1. The molecule has 5 nitrogen and oxygen atoms in total. The molecule has 0 bridgehead atoms. The van der Waals surface area contributed by atoms with Crippen molar-refractivity contribution in [3.8, 4) is 5.75 Å². The number of nitrogens with one attached hydrogen (secondary N) is 1. The highest BCUT2D eigenvalue weighted by Gasteiger charge is 2.34. The van der Waals surface area contributed by atoms with Crippen molar-refractivity contribution in [1.82, 2.24) is 9.55 Å². The van der Waals surface area contributed by atoms with E-state index in [1.54, 1.807) is 0 Å². The molecule has 32 heavy (non-hydrogen) atoms. The van der Waals surface area contributed by atoms with E-state index in [-0.39, 0.29) is 11.4 Å².